The maximum Gasteiger partial charge on any atom is 0.412 e. The average molecular weight is 461 g/mol. The van der Waals surface area contributed by atoms with E-state index in [4.69, 9.17) is 13.9 Å². The molecule has 2 N–H and O–H groups in total. The third-order valence-electron chi connectivity index (χ3n) is 5.63. The first kappa shape index (κ1) is 23.2. The van der Waals surface area contributed by atoms with Gasteiger partial charge in [0.25, 0.3) is 0 Å². The highest BCUT2D eigenvalue weighted by molar-refractivity contribution is 5.85. The van der Waals surface area contributed by atoms with Gasteiger partial charge in [-0.05, 0) is 69.5 Å². The van der Waals surface area contributed by atoms with Gasteiger partial charge in [0.05, 0.1) is 7.11 Å². The number of carbonyl (C=O) groups is 1. The molecule has 2 heterocycles. The Hall–Kier alpha value is -4.00. The van der Waals surface area contributed by atoms with E-state index in [-0.39, 0.29) is 6.04 Å². The van der Waals surface area contributed by atoms with Crippen molar-refractivity contribution in [1.29, 1.82) is 0 Å². The van der Waals surface area contributed by atoms with Gasteiger partial charge in [-0.25, -0.2) is 9.59 Å². The molecule has 0 aliphatic rings. The van der Waals surface area contributed by atoms with E-state index in [1.165, 1.54) is 6.07 Å². The Balaban J connectivity index is 1.51. The highest BCUT2D eigenvalue weighted by atomic mass is 16.6. The van der Waals surface area contributed by atoms with Gasteiger partial charge in [-0.1, -0.05) is 11.6 Å². The number of methoxy groups -OCH3 is 1. The maximum absolute atomic E-state index is 12.7. The summed E-state index contributed by atoms with van der Waals surface area (Å²) < 4.78 is 16.4. The Bertz CT molecular complexity index is 1430. The number of aromatic amines is 1. The summed E-state index contributed by atoms with van der Waals surface area (Å²) in [6, 6.07) is 12.3. The minimum Gasteiger partial charge on any atom is -0.497 e. The van der Waals surface area contributed by atoms with Crippen LogP contribution in [0.4, 0.5) is 4.79 Å². The molecule has 0 radical (unpaired) electrons. The normalized spacial score (nSPS) is 11.9. The number of aromatic nitrogens is 1. The summed E-state index contributed by atoms with van der Waals surface area (Å²) in [5.41, 5.74) is 3.81. The second-order valence-corrected chi connectivity index (χ2v) is 8.57. The van der Waals surface area contributed by atoms with Crippen molar-refractivity contribution < 1.29 is 18.7 Å². The molecule has 0 fully saturated rings. The molecule has 0 aliphatic carbocycles. The van der Waals surface area contributed by atoms with Crippen LogP contribution in [0.25, 0.3) is 21.9 Å². The highest BCUT2D eigenvalue weighted by Gasteiger charge is 2.17. The summed E-state index contributed by atoms with van der Waals surface area (Å²) >= 11 is 0. The summed E-state index contributed by atoms with van der Waals surface area (Å²) in [5, 5.41) is 4.75. The Labute approximate surface area is 197 Å². The van der Waals surface area contributed by atoms with Crippen molar-refractivity contribution in [2.45, 2.75) is 39.7 Å². The van der Waals surface area contributed by atoms with Crippen molar-refractivity contribution in [3.8, 4) is 11.5 Å². The smallest absolute Gasteiger partial charge is 0.412 e. The maximum atomic E-state index is 12.7. The number of allylic oxidation sites excluding steroid dienone is 2. The molecule has 4 aromatic rings. The van der Waals surface area contributed by atoms with E-state index in [2.05, 4.69) is 10.3 Å². The molecule has 2 aromatic heterocycles. The van der Waals surface area contributed by atoms with Gasteiger partial charge in [-0.15, -0.1) is 0 Å². The van der Waals surface area contributed by atoms with E-state index >= 15 is 0 Å². The molecule has 176 valence electrons. The molecule has 0 saturated heterocycles. The molecule has 7 heteroatoms. The number of ether oxygens (including phenoxy) is 2. The van der Waals surface area contributed by atoms with Gasteiger partial charge in [0.2, 0.25) is 0 Å². The molecule has 0 saturated carbocycles. The predicted molar refractivity (Wildman–Crippen MR) is 133 cm³/mol. The molecule has 1 amide bonds. The zero-order valence-electron chi connectivity index (χ0n) is 19.7. The summed E-state index contributed by atoms with van der Waals surface area (Å²) in [7, 11) is 1.64. The monoisotopic (exact) mass is 460 g/mol. The largest absolute Gasteiger partial charge is 0.497 e. The van der Waals surface area contributed by atoms with E-state index in [0.29, 0.717) is 29.7 Å². The molecule has 1 unspecified atom stereocenters. The van der Waals surface area contributed by atoms with E-state index in [0.717, 1.165) is 33.2 Å². The second kappa shape index (κ2) is 9.87. The summed E-state index contributed by atoms with van der Waals surface area (Å²) in [4.78, 5) is 27.8. The van der Waals surface area contributed by atoms with Crippen molar-refractivity contribution in [1.82, 2.24) is 10.3 Å². The Morgan fingerprint density at radius 1 is 1.18 bits per heavy atom. The number of rotatable bonds is 7. The Morgan fingerprint density at radius 2 is 1.97 bits per heavy atom. The molecule has 34 heavy (non-hydrogen) atoms. The van der Waals surface area contributed by atoms with Crippen LogP contribution in [0.1, 0.15) is 31.9 Å². The summed E-state index contributed by atoms with van der Waals surface area (Å²) in [6.07, 6.45) is 4.48. The molecule has 7 nitrogen and oxygen atoms in total. The van der Waals surface area contributed by atoms with Gasteiger partial charge in [-0.3, -0.25) is 0 Å². The lowest BCUT2D eigenvalue weighted by Gasteiger charge is -2.15. The Morgan fingerprint density at radius 3 is 2.74 bits per heavy atom. The van der Waals surface area contributed by atoms with Crippen molar-refractivity contribution >= 4 is 28.0 Å². The standard InChI is InChI=1S/C27H28N2O5/c1-16(2)5-9-22-24(11-6-18-7-12-25(30)34-26(18)22)33-27(31)29-17(3)13-19-15-28-23-14-20(32-4)8-10-21(19)23/h5-8,10-12,14-15,17,28H,9,13H2,1-4H3,(H,29,31). The average Bonchev–Trinajstić information content (AvgIpc) is 3.19. The van der Waals surface area contributed by atoms with E-state index in [1.54, 1.807) is 25.3 Å². The molecular formula is C27H28N2O5. The zero-order chi connectivity index (χ0) is 24.2. The first-order valence-corrected chi connectivity index (χ1v) is 11.2. The molecule has 0 spiro atoms. The minimum atomic E-state index is -0.565. The number of amides is 1. The molecule has 2 aromatic carbocycles. The van der Waals surface area contributed by atoms with Crippen LogP contribution in [0, 0.1) is 0 Å². The number of fused-ring (bicyclic) bond motifs is 2. The van der Waals surface area contributed by atoms with E-state index in [1.807, 2.05) is 51.2 Å². The minimum absolute atomic E-state index is 0.173. The molecule has 1 atom stereocenters. The third-order valence-corrected chi connectivity index (χ3v) is 5.63. The molecule has 4 rings (SSSR count). The lowest BCUT2D eigenvalue weighted by Crippen LogP contribution is -2.36. The van der Waals surface area contributed by atoms with Crippen LogP contribution >= 0.6 is 0 Å². The molecular weight excluding hydrogens is 432 g/mol. The second-order valence-electron chi connectivity index (χ2n) is 8.57. The lowest BCUT2D eigenvalue weighted by atomic mass is 10.1. The zero-order valence-corrected chi connectivity index (χ0v) is 19.7. The number of H-pyrrole nitrogens is 1. The summed E-state index contributed by atoms with van der Waals surface area (Å²) in [6.45, 7) is 5.89. The summed E-state index contributed by atoms with van der Waals surface area (Å²) in [5.74, 6) is 1.15. The molecule has 0 bridgehead atoms. The number of carbonyl (C=O) groups excluding carboxylic acids is 1. The van der Waals surface area contributed by atoms with Crippen LogP contribution < -0.4 is 20.4 Å². The fourth-order valence-electron chi connectivity index (χ4n) is 3.94. The van der Waals surface area contributed by atoms with Gasteiger partial charge in [0.1, 0.15) is 17.1 Å². The highest BCUT2D eigenvalue weighted by Crippen LogP contribution is 2.29. The topological polar surface area (TPSA) is 93.6 Å². The number of hydrogen-bond donors (Lipinski definition) is 2. The SMILES string of the molecule is COc1ccc2c(CC(C)NC(=O)Oc3ccc4ccc(=O)oc4c3CC=C(C)C)c[nH]c2c1. The fraction of sp³-hybridized carbons (Fsp3) is 0.259. The van der Waals surface area contributed by atoms with E-state index in [9.17, 15) is 9.59 Å². The van der Waals surface area contributed by atoms with Crippen LogP contribution in [0.5, 0.6) is 11.5 Å². The first-order chi connectivity index (χ1) is 16.3. The van der Waals surface area contributed by atoms with Crippen LogP contribution in [0.15, 0.2) is 69.5 Å². The van der Waals surface area contributed by atoms with Gasteiger partial charge in [-0.2, -0.15) is 0 Å². The van der Waals surface area contributed by atoms with Crippen molar-refractivity contribution in [2.75, 3.05) is 7.11 Å². The van der Waals surface area contributed by atoms with Crippen LogP contribution in [0.3, 0.4) is 0 Å². The van der Waals surface area contributed by atoms with Gasteiger partial charge in [0.15, 0.2) is 0 Å². The van der Waals surface area contributed by atoms with Crippen molar-refractivity contribution in [2.24, 2.45) is 0 Å². The first-order valence-electron chi connectivity index (χ1n) is 11.2. The van der Waals surface area contributed by atoms with Crippen LogP contribution in [0.2, 0.25) is 0 Å². The van der Waals surface area contributed by atoms with Crippen molar-refractivity contribution in [3.63, 3.8) is 0 Å². The number of nitrogens with one attached hydrogen (secondary N) is 2. The quantitative estimate of drug-likeness (QED) is 0.280. The lowest BCUT2D eigenvalue weighted by molar-refractivity contribution is 0.196. The third kappa shape index (κ3) is 5.14. The number of hydrogen-bond acceptors (Lipinski definition) is 5. The Kier molecular flexibility index (Phi) is 6.72. The van der Waals surface area contributed by atoms with E-state index < -0.39 is 11.7 Å². The van der Waals surface area contributed by atoms with Crippen LogP contribution in [-0.2, 0) is 12.8 Å². The van der Waals surface area contributed by atoms with Gasteiger partial charge < -0.3 is 24.2 Å². The number of benzene rings is 2. The molecule has 0 aliphatic heterocycles. The van der Waals surface area contributed by atoms with Gasteiger partial charge in [0, 0.05) is 46.2 Å². The van der Waals surface area contributed by atoms with Crippen molar-refractivity contribution in [3.05, 3.63) is 81.9 Å². The van der Waals surface area contributed by atoms with Crippen LogP contribution in [-0.4, -0.2) is 24.2 Å². The fourth-order valence-corrected chi connectivity index (χ4v) is 3.94. The predicted octanol–water partition coefficient (Wildman–Crippen LogP) is 5.51. The van der Waals surface area contributed by atoms with Gasteiger partial charge >= 0.3 is 11.7 Å².